The van der Waals surface area contributed by atoms with Gasteiger partial charge in [0.15, 0.2) is 5.82 Å². The van der Waals surface area contributed by atoms with Crippen molar-refractivity contribution in [3.05, 3.63) is 29.7 Å². The Kier molecular flexibility index (Phi) is 4.01. The third-order valence-electron chi connectivity index (χ3n) is 7.09. The molecule has 4 aliphatic carbocycles. The number of carbonyl (C=O) groups excluding carboxylic acids is 1. The van der Waals surface area contributed by atoms with Crippen molar-refractivity contribution in [3.8, 4) is 5.82 Å². The zero-order valence-corrected chi connectivity index (χ0v) is 17.7. The molecule has 0 aliphatic heterocycles. The molecular formula is C22H31N5O2. The summed E-state index contributed by atoms with van der Waals surface area (Å²) in [6.07, 6.45) is 10.2. The molecule has 0 aromatic carbocycles. The van der Waals surface area contributed by atoms with Crippen LogP contribution in [-0.4, -0.2) is 42.2 Å². The molecule has 2 N–H and O–H groups in total. The number of aryl methyl sites for hydroxylation is 1. The Morgan fingerprint density at radius 1 is 1.17 bits per heavy atom. The largest absolute Gasteiger partial charge is 0.390 e. The van der Waals surface area contributed by atoms with Crippen molar-refractivity contribution >= 4 is 5.91 Å². The summed E-state index contributed by atoms with van der Waals surface area (Å²) in [6, 6.07) is 0.143. The highest BCUT2D eigenvalue weighted by Crippen LogP contribution is 2.55. The zero-order chi connectivity index (χ0) is 20.6. The van der Waals surface area contributed by atoms with Crippen LogP contribution in [0.1, 0.15) is 68.8 Å². The summed E-state index contributed by atoms with van der Waals surface area (Å²) < 4.78 is 3.62. The third-order valence-corrected chi connectivity index (χ3v) is 7.09. The number of hydrogen-bond acceptors (Lipinski definition) is 4. The van der Waals surface area contributed by atoms with Crippen molar-refractivity contribution in [1.82, 2.24) is 24.9 Å². The highest BCUT2D eigenvalue weighted by Gasteiger charge is 2.55. The molecule has 6 rings (SSSR count). The van der Waals surface area contributed by atoms with Crippen LogP contribution in [0.25, 0.3) is 5.82 Å². The van der Waals surface area contributed by atoms with Gasteiger partial charge in [0.05, 0.1) is 23.5 Å². The SMILES string of the molecule is Cc1cnn(-c2c(C(=O)NC3[C@H]4CC5C[C@H]3CC(O)(C5)C4)cnn2C(C)(C)C)c1. The molecule has 0 radical (unpaired) electrons. The van der Waals surface area contributed by atoms with E-state index in [-0.39, 0.29) is 17.5 Å². The minimum atomic E-state index is -0.493. The van der Waals surface area contributed by atoms with Crippen LogP contribution in [-0.2, 0) is 5.54 Å². The van der Waals surface area contributed by atoms with Gasteiger partial charge < -0.3 is 10.4 Å². The van der Waals surface area contributed by atoms with Gasteiger partial charge in [0.1, 0.15) is 5.56 Å². The van der Waals surface area contributed by atoms with Crippen LogP contribution in [0.2, 0.25) is 0 Å². The average molecular weight is 398 g/mol. The first-order chi connectivity index (χ1) is 13.6. The fourth-order valence-electron chi connectivity index (χ4n) is 6.19. The average Bonchev–Trinajstić information content (AvgIpc) is 3.22. The maximum atomic E-state index is 13.4. The van der Waals surface area contributed by atoms with Gasteiger partial charge in [-0.15, -0.1) is 0 Å². The number of hydrogen-bond donors (Lipinski definition) is 2. The summed E-state index contributed by atoms with van der Waals surface area (Å²) in [4.78, 5) is 13.4. The molecule has 4 bridgehead atoms. The molecule has 156 valence electrons. The van der Waals surface area contributed by atoms with Crippen LogP contribution in [0.15, 0.2) is 18.6 Å². The predicted octanol–water partition coefficient (Wildman–Crippen LogP) is 2.80. The van der Waals surface area contributed by atoms with Gasteiger partial charge in [0, 0.05) is 12.2 Å². The monoisotopic (exact) mass is 397 g/mol. The van der Waals surface area contributed by atoms with Crippen LogP contribution < -0.4 is 5.32 Å². The molecule has 0 saturated heterocycles. The number of aromatic nitrogens is 4. The zero-order valence-electron chi connectivity index (χ0n) is 17.7. The van der Waals surface area contributed by atoms with Crippen LogP contribution in [0.3, 0.4) is 0 Å². The summed E-state index contributed by atoms with van der Waals surface area (Å²) >= 11 is 0. The van der Waals surface area contributed by atoms with Gasteiger partial charge in [-0.2, -0.15) is 10.2 Å². The molecule has 2 atom stereocenters. The third kappa shape index (κ3) is 3.10. The molecule has 7 heteroatoms. The highest BCUT2D eigenvalue weighted by atomic mass is 16.3. The van der Waals surface area contributed by atoms with E-state index in [4.69, 9.17) is 0 Å². The van der Waals surface area contributed by atoms with Crippen molar-refractivity contribution < 1.29 is 9.90 Å². The van der Waals surface area contributed by atoms with Crippen molar-refractivity contribution in [3.63, 3.8) is 0 Å². The second-order valence-corrected chi connectivity index (χ2v) is 10.6. The van der Waals surface area contributed by atoms with Crippen LogP contribution >= 0.6 is 0 Å². The predicted molar refractivity (Wildman–Crippen MR) is 109 cm³/mol. The minimum absolute atomic E-state index is 0.0897. The smallest absolute Gasteiger partial charge is 0.256 e. The molecule has 7 nitrogen and oxygen atoms in total. The van der Waals surface area contributed by atoms with E-state index in [9.17, 15) is 9.90 Å². The summed E-state index contributed by atoms with van der Waals surface area (Å²) in [7, 11) is 0. The van der Waals surface area contributed by atoms with E-state index in [2.05, 4.69) is 36.3 Å². The lowest BCUT2D eigenvalue weighted by molar-refractivity contribution is -0.136. The number of nitrogens with zero attached hydrogens (tertiary/aromatic N) is 4. The molecular weight excluding hydrogens is 366 g/mol. The van der Waals surface area contributed by atoms with E-state index >= 15 is 0 Å². The second kappa shape index (κ2) is 6.17. The molecule has 4 aliphatic rings. The lowest BCUT2D eigenvalue weighted by Crippen LogP contribution is -2.61. The van der Waals surface area contributed by atoms with Crippen molar-refractivity contribution in [2.45, 2.75) is 77.0 Å². The van der Waals surface area contributed by atoms with Gasteiger partial charge in [-0.3, -0.25) is 4.79 Å². The molecule has 2 aromatic heterocycles. The molecule has 0 spiro atoms. The Balaban J connectivity index is 1.46. The van der Waals surface area contributed by atoms with E-state index in [0.29, 0.717) is 29.1 Å². The van der Waals surface area contributed by atoms with Gasteiger partial charge in [0.25, 0.3) is 5.91 Å². The number of nitrogens with one attached hydrogen (secondary N) is 1. The standard InChI is InChI=1S/C22H31N5O2/c1-13-10-23-26(12-13)20-17(11-24-27(20)21(2,3)4)19(28)25-18-15-5-14-6-16(18)9-22(29,7-14)8-15/h10-12,14-16,18,29H,5-9H2,1-4H3,(H,25,28)/t14?,15-,16-,18?,22?/m0/s1. The van der Waals surface area contributed by atoms with Gasteiger partial charge in [-0.05, 0) is 83.1 Å². The first kappa shape index (κ1) is 18.9. The van der Waals surface area contributed by atoms with E-state index in [1.165, 1.54) is 0 Å². The Bertz CT molecular complexity index is 937. The normalized spacial score (nSPS) is 33.3. The number of carbonyl (C=O) groups is 1. The molecule has 2 aromatic rings. The van der Waals surface area contributed by atoms with Gasteiger partial charge in [-0.1, -0.05) is 0 Å². The summed E-state index contributed by atoms with van der Waals surface area (Å²) in [5.74, 6) is 1.99. The topological polar surface area (TPSA) is 85.0 Å². The van der Waals surface area contributed by atoms with Crippen molar-refractivity contribution in [2.75, 3.05) is 0 Å². The molecule has 1 amide bonds. The fourth-order valence-corrected chi connectivity index (χ4v) is 6.19. The maximum Gasteiger partial charge on any atom is 0.256 e. The fraction of sp³-hybridized carbons (Fsp3) is 0.682. The first-order valence-electron chi connectivity index (χ1n) is 10.8. The van der Waals surface area contributed by atoms with E-state index < -0.39 is 5.60 Å². The van der Waals surface area contributed by atoms with Crippen LogP contribution in [0, 0.1) is 24.7 Å². The summed E-state index contributed by atoms with van der Waals surface area (Å²) in [6.45, 7) is 8.19. The highest BCUT2D eigenvalue weighted by molar-refractivity contribution is 5.97. The van der Waals surface area contributed by atoms with E-state index in [1.807, 2.05) is 17.8 Å². The number of rotatable bonds is 3. The van der Waals surface area contributed by atoms with E-state index in [1.54, 1.807) is 17.1 Å². The molecule has 4 fully saturated rings. The molecule has 0 unspecified atom stereocenters. The maximum absolute atomic E-state index is 13.4. The van der Waals surface area contributed by atoms with E-state index in [0.717, 1.165) is 37.7 Å². The quantitative estimate of drug-likeness (QED) is 0.834. The van der Waals surface area contributed by atoms with Gasteiger partial charge >= 0.3 is 0 Å². The molecule has 29 heavy (non-hydrogen) atoms. The molecule has 2 heterocycles. The number of amides is 1. The second-order valence-electron chi connectivity index (χ2n) is 10.6. The minimum Gasteiger partial charge on any atom is -0.390 e. The Morgan fingerprint density at radius 2 is 1.86 bits per heavy atom. The van der Waals surface area contributed by atoms with Gasteiger partial charge in [-0.25, -0.2) is 9.36 Å². The van der Waals surface area contributed by atoms with Crippen LogP contribution in [0.5, 0.6) is 0 Å². The first-order valence-corrected chi connectivity index (χ1v) is 10.8. The Hall–Kier alpha value is -2.15. The molecule has 4 saturated carbocycles. The van der Waals surface area contributed by atoms with Crippen molar-refractivity contribution in [1.29, 1.82) is 0 Å². The van der Waals surface area contributed by atoms with Gasteiger partial charge in [0.2, 0.25) is 0 Å². The Labute approximate surface area is 171 Å². The summed E-state index contributed by atoms with van der Waals surface area (Å²) in [5.41, 5.74) is 0.814. The van der Waals surface area contributed by atoms with Crippen molar-refractivity contribution in [2.24, 2.45) is 17.8 Å². The number of aliphatic hydroxyl groups is 1. The Morgan fingerprint density at radius 3 is 2.41 bits per heavy atom. The lowest BCUT2D eigenvalue weighted by atomic mass is 9.52. The lowest BCUT2D eigenvalue weighted by Gasteiger charge is -2.58. The van der Waals surface area contributed by atoms with Crippen LogP contribution in [0.4, 0.5) is 0 Å². The summed E-state index contributed by atoms with van der Waals surface area (Å²) in [5, 5.41) is 23.1.